The molecule has 0 bridgehead atoms. The summed E-state index contributed by atoms with van der Waals surface area (Å²) in [5.41, 5.74) is 4.64. The molecule has 25 heavy (non-hydrogen) atoms. The number of aryl methyl sites for hydroxylation is 2. The van der Waals surface area contributed by atoms with Crippen LogP contribution in [0.4, 0.5) is 0 Å². The maximum atomic E-state index is 12.6. The van der Waals surface area contributed by atoms with Gasteiger partial charge in [0, 0.05) is 56.8 Å². The Labute approximate surface area is 145 Å². The van der Waals surface area contributed by atoms with Crippen molar-refractivity contribution in [2.45, 2.75) is 26.4 Å². The maximum absolute atomic E-state index is 12.6. The van der Waals surface area contributed by atoms with Crippen molar-refractivity contribution in [3.05, 3.63) is 63.6 Å². The van der Waals surface area contributed by atoms with E-state index >= 15 is 0 Å². The van der Waals surface area contributed by atoms with Crippen molar-refractivity contribution in [3.8, 4) is 11.4 Å². The fourth-order valence-corrected chi connectivity index (χ4v) is 3.20. The summed E-state index contributed by atoms with van der Waals surface area (Å²) in [6, 6.07) is 5.79. The standard InChI is InChI=1S/C18H20N6O/c1-12-9-14(22-23(12)2)10-24-8-5-16-15(11-24)18(25)21-17(20-16)13-3-6-19-7-4-13/h3-4,6-7,9H,5,8,10-11H2,1-2H3,(H,20,21,25). The Hall–Kier alpha value is -2.80. The number of nitrogens with zero attached hydrogens (tertiary/aromatic N) is 5. The maximum Gasteiger partial charge on any atom is 0.255 e. The second-order valence-electron chi connectivity index (χ2n) is 6.44. The Morgan fingerprint density at radius 1 is 1.28 bits per heavy atom. The van der Waals surface area contributed by atoms with Crippen LogP contribution in [0.1, 0.15) is 22.6 Å². The predicted molar refractivity (Wildman–Crippen MR) is 93.9 cm³/mol. The summed E-state index contributed by atoms with van der Waals surface area (Å²) in [6.45, 7) is 4.25. The summed E-state index contributed by atoms with van der Waals surface area (Å²) < 4.78 is 1.88. The number of hydrogen-bond acceptors (Lipinski definition) is 5. The molecule has 0 aromatic carbocycles. The molecule has 0 unspecified atom stereocenters. The molecule has 0 fully saturated rings. The Morgan fingerprint density at radius 2 is 2.08 bits per heavy atom. The van der Waals surface area contributed by atoms with E-state index in [9.17, 15) is 4.79 Å². The van der Waals surface area contributed by atoms with Crippen LogP contribution in [0.3, 0.4) is 0 Å². The van der Waals surface area contributed by atoms with E-state index in [1.807, 2.05) is 30.8 Å². The fourth-order valence-electron chi connectivity index (χ4n) is 3.20. The average Bonchev–Trinajstić information content (AvgIpc) is 2.93. The Balaban J connectivity index is 1.58. The second-order valence-corrected chi connectivity index (χ2v) is 6.44. The summed E-state index contributed by atoms with van der Waals surface area (Å²) in [4.78, 5) is 26.4. The van der Waals surface area contributed by atoms with Gasteiger partial charge in [-0.15, -0.1) is 0 Å². The topological polar surface area (TPSA) is 79.7 Å². The van der Waals surface area contributed by atoms with Gasteiger partial charge in [0.05, 0.1) is 17.0 Å². The van der Waals surface area contributed by atoms with Gasteiger partial charge in [0.25, 0.3) is 5.56 Å². The molecule has 0 saturated carbocycles. The van der Waals surface area contributed by atoms with Gasteiger partial charge in [-0.25, -0.2) is 4.98 Å². The molecule has 4 heterocycles. The summed E-state index contributed by atoms with van der Waals surface area (Å²) >= 11 is 0. The molecule has 0 amide bonds. The molecule has 0 radical (unpaired) electrons. The van der Waals surface area contributed by atoms with Gasteiger partial charge in [0.2, 0.25) is 0 Å². The molecule has 1 aliphatic rings. The van der Waals surface area contributed by atoms with E-state index in [1.54, 1.807) is 12.4 Å². The number of aromatic amines is 1. The van der Waals surface area contributed by atoms with Gasteiger partial charge >= 0.3 is 0 Å². The summed E-state index contributed by atoms with van der Waals surface area (Å²) in [5, 5.41) is 4.50. The molecule has 0 atom stereocenters. The lowest BCUT2D eigenvalue weighted by atomic mass is 10.1. The highest BCUT2D eigenvalue weighted by molar-refractivity contribution is 5.54. The molecule has 7 nitrogen and oxygen atoms in total. The largest absolute Gasteiger partial charge is 0.306 e. The molecular weight excluding hydrogens is 316 g/mol. The highest BCUT2D eigenvalue weighted by Crippen LogP contribution is 2.19. The van der Waals surface area contributed by atoms with Gasteiger partial charge in [-0.05, 0) is 25.1 Å². The number of hydrogen-bond donors (Lipinski definition) is 1. The molecule has 3 aromatic rings. The first-order valence-corrected chi connectivity index (χ1v) is 8.34. The summed E-state index contributed by atoms with van der Waals surface area (Å²) in [6.07, 6.45) is 4.17. The van der Waals surface area contributed by atoms with Crippen molar-refractivity contribution >= 4 is 0 Å². The minimum absolute atomic E-state index is 0.0567. The van der Waals surface area contributed by atoms with Gasteiger partial charge < -0.3 is 4.98 Å². The molecule has 0 spiro atoms. The van der Waals surface area contributed by atoms with Gasteiger partial charge in [0.1, 0.15) is 5.82 Å². The number of rotatable bonds is 3. The lowest BCUT2D eigenvalue weighted by Gasteiger charge is -2.27. The smallest absolute Gasteiger partial charge is 0.255 e. The molecule has 0 saturated heterocycles. The Morgan fingerprint density at radius 3 is 2.80 bits per heavy atom. The Bertz CT molecular complexity index is 940. The fraction of sp³-hybridized carbons (Fsp3) is 0.333. The zero-order valence-corrected chi connectivity index (χ0v) is 14.4. The van der Waals surface area contributed by atoms with Crippen molar-refractivity contribution in [2.75, 3.05) is 6.54 Å². The Kier molecular flexibility index (Phi) is 3.93. The SMILES string of the molecule is Cc1cc(CN2CCc3nc(-c4ccncc4)[nH]c(=O)c3C2)nn1C. The van der Waals surface area contributed by atoms with Crippen molar-refractivity contribution in [1.29, 1.82) is 0 Å². The first-order chi connectivity index (χ1) is 12.1. The van der Waals surface area contributed by atoms with Crippen LogP contribution in [0.25, 0.3) is 11.4 Å². The van der Waals surface area contributed by atoms with Crippen LogP contribution in [-0.2, 0) is 26.6 Å². The lowest BCUT2D eigenvalue weighted by molar-refractivity contribution is 0.238. The third kappa shape index (κ3) is 3.10. The molecule has 4 rings (SSSR count). The van der Waals surface area contributed by atoms with Crippen LogP contribution in [0.5, 0.6) is 0 Å². The number of nitrogens with one attached hydrogen (secondary N) is 1. The van der Waals surface area contributed by atoms with Gasteiger partial charge in [-0.3, -0.25) is 19.4 Å². The average molecular weight is 336 g/mol. The van der Waals surface area contributed by atoms with Crippen LogP contribution in [0, 0.1) is 6.92 Å². The van der Waals surface area contributed by atoms with E-state index in [4.69, 9.17) is 0 Å². The molecule has 1 N–H and O–H groups in total. The first-order valence-electron chi connectivity index (χ1n) is 8.34. The van der Waals surface area contributed by atoms with Crippen LogP contribution in [0.2, 0.25) is 0 Å². The third-order valence-corrected chi connectivity index (χ3v) is 4.65. The van der Waals surface area contributed by atoms with Gasteiger partial charge in [-0.2, -0.15) is 5.10 Å². The van der Waals surface area contributed by atoms with E-state index < -0.39 is 0 Å². The third-order valence-electron chi connectivity index (χ3n) is 4.65. The van der Waals surface area contributed by atoms with E-state index in [0.717, 1.165) is 47.7 Å². The summed E-state index contributed by atoms with van der Waals surface area (Å²) in [7, 11) is 1.94. The highest BCUT2D eigenvalue weighted by Gasteiger charge is 2.22. The van der Waals surface area contributed by atoms with Crippen LogP contribution >= 0.6 is 0 Å². The normalized spacial score (nSPS) is 14.5. The number of fused-ring (bicyclic) bond motifs is 1. The van der Waals surface area contributed by atoms with E-state index in [0.29, 0.717) is 12.4 Å². The van der Waals surface area contributed by atoms with Crippen LogP contribution in [0.15, 0.2) is 35.4 Å². The number of pyridine rings is 1. The zero-order chi connectivity index (χ0) is 17.4. The van der Waals surface area contributed by atoms with Crippen LogP contribution in [-0.4, -0.2) is 36.2 Å². The van der Waals surface area contributed by atoms with Crippen molar-refractivity contribution < 1.29 is 0 Å². The first kappa shape index (κ1) is 15.7. The monoisotopic (exact) mass is 336 g/mol. The number of aromatic nitrogens is 5. The second kappa shape index (κ2) is 6.25. The van der Waals surface area contributed by atoms with E-state index in [1.165, 1.54) is 0 Å². The summed E-state index contributed by atoms with van der Waals surface area (Å²) in [5.74, 6) is 0.611. The lowest BCUT2D eigenvalue weighted by Crippen LogP contribution is -2.35. The zero-order valence-electron chi connectivity index (χ0n) is 14.4. The van der Waals surface area contributed by atoms with Crippen molar-refractivity contribution in [3.63, 3.8) is 0 Å². The molecular formula is C18H20N6O. The minimum Gasteiger partial charge on any atom is -0.306 e. The highest BCUT2D eigenvalue weighted by atomic mass is 16.1. The van der Waals surface area contributed by atoms with Crippen molar-refractivity contribution in [2.24, 2.45) is 7.05 Å². The van der Waals surface area contributed by atoms with Gasteiger partial charge in [-0.1, -0.05) is 0 Å². The minimum atomic E-state index is -0.0567. The van der Waals surface area contributed by atoms with E-state index in [-0.39, 0.29) is 5.56 Å². The van der Waals surface area contributed by atoms with Crippen molar-refractivity contribution in [1.82, 2.24) is 29.6 Å². The molecule has 3 aromatic heterocycles. The molecule has 1 aliphatic heterocycles. The number of H-pyrrole nitrogens is 1. The molecule has 7 heteroatoms. The van der Waals surface area contributed by atoms with Gasteiger partial charge in [0.15, 0.2) is 0 Å². The van der Waals surface area contributed by atoms with E-state index in [2.05, 4.69) is 31.0 Å². The molecule has 0 aliphatic carbocycles. The predicted octanol–water partition coefficient (Wildman–Crippen LogP) is 1.43. The quantitative estimate of drug-likeness (QED) is 0.783. The van der Waals surface area contributed by atoms with Crippen LogP contribution < -0.4 is 5.56 Å². The molecule has 128 valence electrons.